The lowest BCUT2D eigenvalue weighted by molar-refractivity contribution is 0.0510. The number of alkyl halides is 2. The first kappa shape index (κ1) is 13.4. The molecule has 0 bridgehead atoms. The van der Waals surface area contributed by atoms with E-state index in [0.717, 1.165) is 4.90 Å². The van der Waals surface area contributed by atoms with Crippen molar-refractivity contribution in [2.75, 3.05) is 25.4 Å². The van der Waals surface area contributed by atoms with Crippen LogP contribution >= 0.6 is 0 Å². The topological polar surface area (TPSA) is 66.6 Å². The maximum atomic E-state index is 12.3. The number of nitrogen functional groups attached to an aromatic ring is 1. The van der Waals surface area contributed by atoms with Gasteiger partial charge in [-0.05, 0) is 12.1 Å². The summed E-state index contributed by atoms with van der Waals surface area (Å²) < 4.78 is 24.6. The highest BCUT2D eigenvalue weighted by molar-refractivity contribution is 5.99. The molecule has 1 rings (SSSR count). The molecular weight excluding hydrogens is 230 g/mol. The lowest BCUT2D eigenvalue weighted by atomic mass is 10.1. The molecule has 6 heteroatoms. The molecular formula is C11H14F2N2O2. The van der Waals surface area contributed by atoms with E-state index in [-0.39, 0.29) is 24.4 Å². The predicted molar refractivity (Wildman–Crippen MR) is 59.8 cm³/mol. The van der Waals surface area contributed by atoms with Crippen molar-refractivity contribution in [2.45, 2.75) is 6.43 Å². The highest BCUT2D eigenvalue weighted by Crippen LogP contribution is 2.14. The number of hydrogen-bond acceptors (Lipinski definition) is 3. The number of anilines is 1. The molecule has 0 spiro atoms. The van der Waals surface area contributed by atoms with Gasteiger partial charge in [-0.25, -0.2) is 8.78 Å². The molecule has 0 atom stereocenters. The fraction of sp³-hybridized carbons (Fsp3) is 0.364. The van der Waals surface area contributed by atoms with Gasteiger partial charge < -0.3 is 15.7 Å². The van der Waals surface area contributed by atoms with Crippen LogP contribution in [0.5, 0.6) is 0 Å². The van der Waals surface area contributed by atoms with Crippen molar-refractivity contribution in [3.8, 4) is 0 Å². The Morgan fingerprint density at radius 1 is 1.41 bits per heavy atom. The molecule has 17 heavy (non-hydrogen) atoms. The summed E-state index contributed by atoms with van der Waals surface area (Å²) in [6.45, 7) is -1.23. The standard InChI is InChI=1S/C11H14F2N2O2/c12-10(13)7-15(5-6-16)11(17)8-3-1-2-4-9(8)14/h1-4,10,16H,5-7,14H2. The molecule has 3 N–H and O–H groups in total. The highest BCUT2D eigenvalue weighted by Gasteiger charge is 2.20. The Labute approximate surface area is 97.6 Å². The summed E-state index contributed by atoms with van der Waals surface area (Å²) in [5.74, 6) is -0.600. The van der Waals surface area contributed by atoms with Crippen LogP contribution in [0.15, 0.2) is 24.3 Å². The maximum absolute atomic E-state index is 12.3. The Morgan fingerprint density at radius 2 is 2.06 bits per heavy atom. The minimum Gasteiger partial charge on any atom is -0.398 e. The molecule has 0 saturated heterocycles. The van der Waals surface area contributed by atoms with Crippen LogP contribution < -0.4 is 5.73 Å². The molecule has 0 saturated carbocycles. The largest absolute Gasteiger partial charge is 0.398 e. The zero-order valence-corrected chi connectivity index (χ0v) is 9.14. The van der Waals surface area contributed by atoms with E-state index >= 15 is 0 Å². The first-order chi connectivity index (χ1) is 8.06. The molecule has 0 aromatic heterocycles. The van der Waals surface area contributed by atoms with E-state index in [4.69, 9.17) is 10.8 Å². The normalized spacial score (nSPS) is 10.6. The maximum Gasteiger partial charge on any atom is 0.256 e. The first-order valence-electron chi connectivity index (χ1n) is 5.09. The lowest BCUT2D eigenvalue weighted by Gasteiger charge is -2.21. The number of nitrogens with zero attached hydrogens (tertiary/aromatic N) is 1. The lowest BCUT2D eigenvalue weighted by Crippen LogP contribution is -2.37. The fourth-order valence-corrected chi connectivity index (χ4v) is 1.43. The Hall–Kier alpha value is -1.69. The number of aliphatic hydroxyl groups is 1. The molecule has 0 aliphatic carbocycles. The van der Waals surface area contributed by atoms with Gasteiger partial charge in [0, 0.05) is 12.2 Å². The Balaban J connectivity index is 2.88. The van der Waals surface area contributed by atoms with Gasteiger partial charge in [0.2, 0.25) is 0 Å². The number of benzene rings is 1. The first-order valence-corrected chi connectivity index (χ1v) is 5.09. The van der Waals surface area contributed by atoms with Crippen molar-refractivity contribution in [2.24, 2.45) is 0 Å². The van der Waals surface area contributed by atoms with Gasteiger partial charge in [0.05, 0.1) is 18.7 Å². The molecule has 0 aliphatic rings. The number of nitrogens with two attached hydrogens (primary N) is 1. The van der Waals surface area contributed by atoms with E-state index in [9.17, 15) is 13.6 Å². The van der Waals surface area contributed by atoms with E-state index in [2.05, 4.69) is 0 Å². The number of rotatable bonds is 5. The van der Waals surface area contributed by atoms with E-state index in [1.165, 1.54) is 12.1 Å². The molecule has 0 unspecified atom stereocenters. The van der Waals surface area contributed by atoms with Gasteiger partial charge in [-0.15, -0.1) is 0 Å². The number of aliphatic hydroxyl groups excluding tert-OH is 1. The number of carbonyl (C=O) groups is 1. The molecule has 1 amide bonds. The third-order valence-corrected chi connectivity index (χ3v) is 2.21. The third-order valence-electron chi connectivity index (χ3n) is 2.21. The van der Waals surface area contributed by atoms with Crippen LogP contribution in [0.25, 0.3) is 0 Å². The summed E-state index contributed by atoms with van der Waals surface area (Å²) in [5.41, 5.74) is 5.99. The van der Waals surface area contributed by atoms with Crippen molar-refractivity contribution in [1.29, 1.82) is 0 Å². The van der Waals surface area contributed by atoms with Crippen LogP contribution in [0.4, 0.5) is 14.5 Å². The van der Waals surface area contributed by atoms with E-state index in [0.29, 0.717) is 0 Å². The van der Waals surface area contributed by atoms with Crippen LogP contribution in [0.1, 0.15) is 10.4 Å². The van der Waals surface area contributed by atoms with Crippen molar-refractivity contribution in [3.05, 3.63) is 29.8 Å². The van der Waals surface area contributed by atoms with Crippen LogP contribution in [0.3, 0.4) is 0 Å². The SMILES string of the molecule is Nc1ccccc1C(=O)N(CCO)CC(F)F. The molecule has 1 aromatic carbocycles. The van der Waals surface area contributed by atoms with Gasteiger partial charge in [-0.2, -0.15) is 0 Å². The number of para-hydroxylation sites is 1. The number of halogens is 2. The van der Waals surface area contributed by atoms with Crippen molar-refractivity contribution in [3.63, 3.8) is 0 Å². The molecule has 94 valence electrons. The average Bonchev–Trinajstić information content (AvgIpc) is 2.28. The minimum atomic E-state index is -2.64. The average molecular weight is 244 g/mol. The van der Waals surface area contributed by atoms with Crippen molar-refractivity contribution >= 4 is 11.6 Å². The quantitative estimate of drug-likeness (QED) is 0.758. The van der Waals surface area contributed by atoms with Crippen LogP contribution in [-0.4, -0.2) is 42.0 Å². The van der Waals surface area contributed by atoms with Gasteiger partial charge in [0.1, 0.15) is 0 Å². The van der Waals surface area contributed by atoms with Gasteiger partial charge in [-0.1, -0.05) is 12.1 Å². The van der Waals surface area contributed by atoms with Crippen LogP contribution in [-0.2, 0) is 0 Å². The summed E-state index contributed by atoms with van der Waals surface area (Å²) in [5, 5.41) is 8.74. The summed E-state index contributed by atoms with van der Waals surface area (Å²) in [6, 6.07) is 6.24. The zero-order chi connectivity index (χ0) is 12.8. The third kappa shape index (κ3) is 3.67. The minimum absolute atomic E-state index is 0.141. The second-order valence-corrected chi connectivity index (χ2v) is 3.45. The second-order valence-electron chi connectivity index (χ2n) is 3.45. The van der Waals surface area contributed by atoms with Crippen LogP contribution in [0.2, 0.25) is 0 Å². The molecule has 0 fully saturated rings. The summed E-state index contributed by atoms with van der Waals surface area (Å²) >= 11 is 0. The van der Waals surface area contributed by atoms with Gasteiger partial charge in [0.25, 0.3) is 12.3 Å². The van der Waals surface area contributed by atoms with Gasteiger partial charge in [-0.3, -0.25) is 4.79 Å². The predicted octanol–water partition coefficient (Wildman–Crippen LogP) is 0.968. The highest BCUT2D eigenvalue weighted by atomic mass is 19.3. The van der Waals surface area contributed by atoms with E-state index < -0.39 is 18.9 Å². The molecule has 1 aromatic rings. The molecule has 0 aliphatic heterocycles. The summed E-state index contributed by atoms with van der Waals surface area (Å²) in [7, 11) is 0. The summed E-state index contributed by atoms with van der Waals surface area (Å²) in [4.78, 5) is 12.8. The molecule has 4 nitrogen and oxygen atoms in total. The fourth-order valence-electron chi connectivity index (χ4n) is 1.43. The van der Waals surface area contributed by atoms with Gasteiger partial charge >= 0.3 is 0 Å². The number of carbonyl (C=O) groups excluding carboxylic acids is 1. The van der Waals surface area contributed by atoms with Crippen molar-refractivity contribution < 1.29 is 18.7 Å². The zero-order valence-electron chi connectivity index (χ0n) is 9.14. The summed E-state index contributed by atoms with van der Waals surface area (Å²) in [6.07, 6.45) is -2.64. The van der Waals surface area contributed by atoms with E-state index in [1.807, 2.05) is 0 Å². The van der Waals surface area contributed by atoms with Gasteiger partial charge in [0.15, 0.2) is 0 Å². The number of amides is 1. The Morgan fingerprint density at radius 3 is 2.59 bits per heavy atom. The molecule has 0 heterocycles. The van der Waals surface area contributed by atoms with E-state index in [1.54, 1.807) is 12.1 Å². The second kappa shape index (κ2) is 6.15. The Kier molecular flexibility index (Phi) is 4.84. The number of hydrogen-bond donors (Lipinski definition) is 2. The van der Waals surface area contributed by atoms with Crippen LogP contribution in [0, 0.1) is 0 Å². The molecule has 0 radical (unpaired) electrons. The Bertz CT molecular complexity index is 385. The monoisotopic (exact) mass is 244 g/mol. The smallest absolute Gasteiger partial charge is 0.256 e. The van der Waals surface area contributed by atoms with Crippen molar-refractivity contribution in [1.82, 2.24) is 4.90 Å².